The van der Waals surface area contributed by atoms with Crippen molar-refractivity contribution in [1.82, 2.24) is 5.32 Å². The average Bonchev–Trinajstić information content (AvgIpc) is 3.29. The van der Waals surface area contributed by atoms with Gasteiger partial charge in [0.1, 0.15) is 12.7 Å². The first-order chi connectivity index (χ1) is 32.1. The summed E-state index contributed by atoms with van der Waals surface area (Å²) in [6.07, 6.45) is 66.1. The molecule has 1 amide bonds. The molecule has 3 atom stereocenters. The number of unbranched alkanes of at least 4 members (excludes halogenated alkanes) is 5. The first kappa shape index (κ1) is 61.4. The van der Waals surface area contributed by atoms with E-state index in [1.807, 2.05) is 12.2 Å². The Morgan fingerprint density at radius 3 is 1.29 bits per heavy atom. The van der Waals surface area contributed by atoms with Gasteiger partial charge in [-0.15, -0.1) is 0 Å². The van der Waals surface area contributed by atoms with E-state index in [9.17, 15) is 34.1 Å². The summed E-state index contributed by atoms with van der Waals surface area (Å²) in [6.45, 7) is 2.26. The van der Waals surface area contributed by atoms with Gasteiger partial charge in [0.15, 0.2) is 6.04 Å². The molecule has 0 saturated carbocycles. The van der Waals surface area contributed by atoms with Crippen LogP contribution >= 0.6 is 7.82 Å². The highest BCUT2D eigenvalue weighted by Crippen LogP contribution is 2.43. The number of carbonyl (C=O) groups excluding carboxylic acids is 2. The fourth-order valence-electron chi connectivity index (χ4n) is 5.54. The molecule has 0 aromatic carbocycles. The van der Waals surface area contributed by atoms with Crippen LogP contribution in [0.3, 0.4) is 0 Å². The first-order valence-electron chi connectivity index (χ1n) is 23.9. The Balaban J connectivity index is 4.05. The summed E-state index contributed by atoms with van der Waals surface area (Å²) in [7, 11) is -4.80. The van der Waals surface area contributed by atoms with E-state index in [1.165, 1.54) is 0 Å². The van der Waals surface area contributed by atoms with Crippen LogP contribution in [0.4, 0.5) is 0 Å². The van der Waals surface area contributed by atoms with Crippen LogP contribution in [0.25, 0.3) is 0 Å². The summed E-state index contributed by atoms with van der Waals surface area (Å²) in [6, 6.07) is -1.62. The van der Waals surface area contributed by atoms with Gasteiger partial charge in [-0.2, -0.15) is 0 Å². The molecule has 0 aliphatic heterocycles. The normalized spacial score (nSPS) is 14.8. The molecule has 0 aromatic heterocycles. The summed E-state index contributed by atoms with van der Waals surface area (Å²) in [5, 5.41) is 21.8. The van der Waals surface area contributed by atoms with Crippen molar-refractivity contribution in [2.75, 3.05) is 19.8 Å². The zero-order chi connectivity index (χ0) is 48.4. The van der Waals surface area contributed by atoms with E-state index in [1.54, 1.807) is 12.2 Å². The van der Waals surface area contributed by atoms with Crippen LogP contribution in [-0.4, -0.2) is 64.9 Å². The molecule has 11 nitrogen and oxygen atoms in total. The van der Waals surface area contributed by atoms with E-state index in [-0.39, 0.29) is 12.8 Å². The average molecular weight is 936 g/mol. The smallest absolute Gasteiger partial charge is 0.472 e. The lowest BCUT2D eigenvalue weighted by atomic mass is 10.1. The van der Waals surface area contributed by atoms with Crippen molar-refractivity contribution in [2.24, 2.45) is 0 Å². The number of amides is 1. The number of rotatable bonds is 42. The van der Waals surface area contributed by atoms with Crippen LogP contribution in [0.15, 0.2) is 146 Å². The second-order valence-corrected chi connectivity index (χ2v) is 16.6. The zero-order valence-electron chi connectivity index (χ0n) is 39.9. The number of nitrogens with one attached hydrogen (secondary N) is 1. The molecule has 0 radical (unpaired) electrons. The van der Waals surface area contributed by atoms with Crippen LogP contribution in [-0.2, 0) is 32.7 Å². The molecule has 4 N–H and O–H groups in total. The lowest BCUT2D eigenvalue weighted by molar-refractivity contribution is -0.147. The Labute approximate surface area is 397 Å². The summed E-state index contributed by atoms with van der Waals surface area (Å²) >= 11 is 0. The maximum absolute atomic E-state index is 12.3. The van der Waals surface area contributed by atoms with Gasteiger partial charge in [0, 0.05) is 12.8 Å². The number of hydrogen-bond donors (Lipinski definition) is 4. The topological polar surface area (TPSA) is 169 Å². The third-order valence-corrected chi connectivity index (χ3v) is 10.1. The molecule has 0 fully saturated rings. The molecule has 0 saturated heterocycles. The molecule has 66 heavy (non-hydrogen) atoms. The molecule has 368 valence electrons. The minimum absolute atomic E-state index is 0.100. The first-order valence-corrected chi connectivity index (χ1v) is 25.4. The van der Waals surface area contributed by atoms with E-state index in [0.717, 1.165) is 103 Å². The number of phosphoric ester groups is 1. The van der Waals surface area contributed by atoms with Gasteiger partial charge in [-0.3, -0.25) is 18.6 Å². The highest BCUT2D eigenvalue weighted by molar-refractivity contribution is 7.47. The summed E-state index contributed by atoms with van der Waals surface area (Å²) < 4.78 is 26.8. The molecule has 0 aromatic rings. The minimum atomic E-state index is -4.80. The molecule has 0 spiro atoms. The zero-order valence-corrected chi connectivity index (χ0v) is 40.8. The van der Waals surface area contributed by atoms with Crippen LogP contribution < -0.4 is 5.32 Å². The Bertz CT molecular complexity index is 1660. The molecule has 12 heteroatoms. The van der Waals surface area contributed by atoms with Gasteiger partial charge in [-0.25, -0.2) is 9.36 Å². The van der Waals surface area contributed by atoms with Crippen LogP contribution in [0.1, 0.15) is 142 Å². The van der Waals surface area contributed by atoms with Gasteiger partial charge in [0.25, 0.3) is 0 Å². The highest BCUT2D eigenvalue weighted by Gasteiger charge is 2.28. The van der Waals surface area contributed by atoms with Gasteiger partial charge in [-0.05, 0) is 96.3 Å². The predicted octanol–water partition coefficient (Wildman–Crippen LogP) is 13.1. The summed E-state index contributed by atoms with van der Waals surface area (Å²) in [4.78, 5) is 46.0. The second-order valence-electron chi connectivity index (χ2n) is 15.2. The number of allylic oxidation sites excluding steroid dienone is 23. The number of carboxylic acids is 1. The van der Waals surface area contributed by atoms with Crippen molar-refractivity contribution in [3.8, 4) is 0 Å². The maximum atomic E-state index is 12.3. The number of phosphoric acid groups is 1. The summed E-state index contributed by atoms with van der Waals surface area (Å²) in [5.74, 6) is -2.59. The number of aliphatic carboxylic acids is 1. The van der Waals surface area contributed by atoms with E-state index < -0.39 is 57.6 Å². The van der Waals surface area contributed by atoms with Gasteiger partial charge >= 0.3 is 19.8 Å². The van der Waals surface area contributed by atoms with Gasteiger partial charge < -0.3 is 25.2 Å². The Morgan fingerprint density at radius 2 is 0.864 bits per heavy atom. The maximum Gasteiger partial charge on any atom is 0.472 e. The van der Waals surface area contributed by atoms with Crippen molar-refractivity contribution in [2.45, 2.75) is 154 Å². The van der Waals surface area contributed by atoms with Crippen molar-refractivity contribution < 1.29 is 47.8 Å². The van der Waals surface area contributed by atoms with E-state index in [2.05, 4.69) is 141 Å². The second kappa shape index (κ2) is 46.9. The van der Waals surface area contributed by atoms with Crippen molar-refractivity contribution >= 4 is 25.7 Å². The molecule has 0 aliphatic rings. The third kappa shape index (κ3) is 45.9. The van der Waals surface area contributed by atoms with Crippen LogP contribution in [0, 0.1) is 0 Å². The number of esters is 1. The SMILES string of the molecule is CC/C=C\C/C=C\C/C=C\C/C=C\C/C=C\C/C=C\C/C=C\CC(=O)NC(COP(=O)(O)OCC(O)COC(=O)CCCCCCC/C=C\C/C=C\C/C=C\C/C=C\C/C=C\CC)C(=O)O. The van der Waals surface area contributed by atoms with E-state index >= 15 is 0 Å². The van der Waals surface area contributed by atoms with Gasteiger partial charge in [-0.1, -0.05) is 179 Å². The monoisotopic (exact) mass is 936 g/mol. The largest absolute Gasteiger partial charge is 0.480 e. The van der Waals surface area contributed by atoms with Crippen molar-refractivity contribution in [3.63, 3.8) is 0 Å². The fourth-order valence-corrected chi connectivity index (χ4v) is 6.31. The third-order valence-electron chi connectivity index (χ3n) is 9.15. The van der Waals surface area contributed by atoms with Crippen LogP contribution in [0.2, 0.25) is 0 Å². The molecular formula is C54H82NO10P. The number of carbonyl (C=O) groups is 3. The number of aliphatic hydroxyl groups excluding tert-OH is 1. The molecule has 0 aliphatic carbocycles. The number of ether oxygens (including phenoxy) is 1. The lowest BCUT2D eigenvalue weighted by Crippen LogP contribution is -2.43. The van der Waals surface area contributed by atoms with Crippen molar-refractivity contribution in [3.05, 3.63) is 146 Å². The Morgan fingerprint density at radius 1 is 0.500 bits per heavy atom. The quantitative estimate of drug-likeness (QED) is 0.0200. The molecule has 3 unspecified atom stereocenters. The van der Waals surface area contributed by atoms with E-state index in [0.29, 0.717) is 12.8 Å². The number of carboxylic acid groups (broad SMARTS) is 1. The standard InChI is InChI=1S/C54H82NO10P/c1-3-5-7-9-11-13-15-17-19-21-23-25-27-29-31-33-35-37-39-41-43-45-52(57)55-51(54(59)60)49-65-66(61,62)64-48-50(56)47-63-53(58)46-44-42-40-38-36-34-32-30-28-26-24-22-20-18-16-14-12-10-8-6-4-2/h5-8,11-14,17-20,23-26,29-32,35,37,41,43,50-51,56H,3-4,9-10,15-16,21-22,27-28,33-34,36,38-40,42,44-49H2,1-2H3,(H,55,57)(H,59,60)(H,61,62)/b7-5-,8-6-,13-11-,14-12-,19-17-,20-18-,25-23-,26-24-,31-29-,32-30-,37-35-,43-41-. The predicted molar refractivity (Wildman–Crippen MR) is 272 cm³/mol. The highest BCUT2D eigenvalue weighted by atomic mass is 31.2. The number of hydrogen-bond acceptors (Lipinski definition) is 8. The fraction of sp³-hybridized carbons (Fsp3) is 0.500. The Kier molecular flexibility index (Phi) is 43.6. The summed E-state index contributed by atoms with van der Waals surface area (Å²) in [5.41, 5.74) is 0. The molecule has 0 heterocycles. The Hall–Kier alpha value is -4.64. The van der Waals surface area contributed by atoms with Gasteiger partial charge in [0.2, 0.25) is 5.91 Å². The molecular weight excluding hydrogens is 854 g/mol. The molecule has 0 bridgehead atoms. The minimum Gasteiger partial charge on any atom is -0.480 e. The number of aliphatic hydroxyl groups is 1. The van der Waals surface area contributed by atoms with E-state index in [4.69, 9.17) is 13.8 Å². The lowest BCUT2D eigenvalue weighted by Gasteiger charge is -2.18. The van der Waals surface area contributed by atoms with Gasteiger partial charge in [0.05, 0.1) is 13.2 Å². The molecule has 0 rings (SSSR count). The van der Waals surface area contributed by atoms with Crippen molar-refractivity contribution in [1.29, 1.82) is 0 Å². The van der Waals surface area contributed by atoms with Crippen LogP contribution in [0.5, 0.6) is 0 Å².